The van der Waals surface area contributed by atoms with Gasteiger partial charge in [0.25, 0.3) is 0 Å². The zero-order chi connectivity index (χ0) is 16.2. The van der Waals surface area contributed by atoms with E-state index < -0.39 is 0 Å². The summed E-state index contributed by atoms with van der Waals surface area (Å²) in [5.41, 5.74) is 0. The van der Waals surface area contributed by atoms with Crippen LogP contribution in [0.1, 0.15) is 43.4 Å². The van der Waals surface area contributed by atoms with Crippen molar-refractivity contribution in [3.05, 3.63) is 17.3 Å². The number of anilines is 1. The van der Waals surface area contributed by atoms with E-state index in [0.717, 1.165) is 28.9 Å². The summed E-state index contributed by atoms with van der Waals surface area (Å²) in [4.78, 5) is 25.1. The Morgan fingerprint density at radius 3 is 2.91 bits per heavy atom. The molecule has 2 heterocycles. The topological polar surface area (TPSA) is 58.1 Å². The van der Waals surface area contributed by atoms with Crippen LogP contribution in [0.5, 0.6) is 0 Å². The summed E-state index contributed by atoms with van der Waals surface area (Å²) in [6.07, 6.45) is 8.18. The molecule has 1 amide bonds. The lowest BCUT2D eigenvalue weighted by Crippen LogP contribution is -2.38. The Balaban J connectivity index is 1.54. The van der Waals surface area contributed by atoms with Crippen LogP contribution < -0.4 is 5.32 Å². The van der Waals surface area contributed by atoms with E-state index in [9.17, 15) is 4.79 Å². The van der Waals surface area contributed by atoms with Crippen LogP contribution in [-0.2, 0) is 4.79 Å². The zero-order valence-corrected chi connectivity index (χ0v) is 14.7. The van der Waals surface area contributed by atoms with Gasteiger partial charge in [-0.25, -0.2) is 9.97 Å². The van der Waals surface area contributed by atoms with Crippen LogP contribution in [0.15, 0.2) is 12.4 Å². The molecule has 2 aromatic rings. The zero-order valence-electron chi connectivity index (χ0n) is 13.8. The first-order chi connectivity index (χ1) is 11.1. The van der Waals surface area contributed by atoms with E-state index in [0.29, 0.717) is 19.0 Å². The molecule has 1 N–H and O–H groups in total. The van der Waals surface area contributed by atoms with Crippen LogP contribution >= 0.6 is 11.3 Å². The summed E-state index contributed by atoms with van der Waals surface area (Å²) < 4.78 is 0. The van der Waals surface area contributed by atoms with Crippen molar-refractivity contribution in [3.8, 4) is 0 Å². The van der Waals surface area contributed by atoms with Gasteiger partial charge in [-0.05, 0) is 25.8 Å². The molecule has 6 heteroatoms. The monoisotopic (exact) mass is 332 g/mol. The van der Waals surface area contributed by atoms with Crippen molar-refractivity contribution in [1.82, 2.24) is 14.9 Å². The maximum Gasteiger partial charge on any atom is 0.224 e. The lowest BCUT2D eigenvalue weighted by atomic mass is 9.94. The van der Waals surface area contributed by atoms with Gasteiger partial charge in [-0.3, -0.25) is 4.79 Å². The first kappa shape index (κ1) is 16.2. The molecular formula is C17H24N4OS. The molecule has 1 aliphatic rings. The molecule has 3 rings (SSSR count). The largest absolute Gasteiger partial charge is 0.369 e. The van der Waals surface area contributed by atoms with Gasteiger partial charge in [0.15, 0.2) is 0 Å². The maximum atomic E-state index is 12.4. The number of rotatable bonds is 5. The second kappa shape index (κ2) is 7.25. The standard InChI is InChI=1S/C17H24N4OS/c1-12-10-14-16(19-11-20-17(14)23-12)18-9-8-15(22)21(2)13-6-4-3-5-7-13/h10-11,13H,3-9H2,1-2H3,(H,18,19,20). The van der Waals surface area contributed by atoms with Crippen molar-refractivity contribution in [3.63, 3.8) is 0 Å². The number of amides is 1. The molecule has 1 aliphatic carbocycles. The Morgan fingerprint density at radius 1 is 1.35 bits per heavy atom. The lowest BCUT2D eigenvalue weighted by Gasteiger charge is -2.31. The predicted octanol–water partition coefficient (Wildman–Crippen LogP) is 3.59. The minimum atomic E-state index is 0.219. The fourth-order valence-corrected chi connectivity index (χ4v) is 4.10. The van der Waals surface area contributed by atoms with Crippen molar-refractivity contribution in [2.24, 2.45) is 0 Å². The normalized spacial score (nSPS) is 15.7. The Bertz CT molecular complexity index is 678. The van der Waals surface area contributed by atoms with E-state index in [2.05, 4.69) is 28.3 Å². The molecule has 23 heavy (non-hydrogen) atoms. The number of carbonyl (C=O) groups is 1. The van der Waals surface area contributed by atoms with E-state index >= 15 is 0 Å². The molecule has 0 radical (unpaired) electrons. The van der Waals surface area contributed by atoms with E-state index in [-0.39, 0.29) is 5.91 Å². The number of thiophene rings is 1. The average molecular weight is 332 g/mol. The summed E-state index contributed by atoms with van der Waals surface area (Å²) in [5, 5.41) is 4.34. The van der Waals surface area contributed by atoms with E-state index in [4.69, 9.17) is 0 Å². The van der Waals surface area contributed by atoms with Crippen molar-refractivity contribution in [2.45, 2.75) is 51.5 Å². The van der Waals surface area contributed by atoms with Gasteiger partial charge in [0.2, 0.25) is 5.91 Å². The van der Waals surface area contributed by atoms with Crippen LogP contribution in [-0.4, -0.2) is 40.4 Å². The first-order valence-corrected chi connectivity index (χ1v) is 9.17. The minimum Gasteiger partial charge on any atom is -0.369 e. The highest BCUT2D eigenvalue weighted by molar-refractivity contribution is 7.18. The van der Waals surface area contributed by atoms with Crippen LogP contribution in [0.25, 0.3) is 10.2 Å². The smallest absolute Gasteiger partial charge is 0.224 e. The fourth-order valence-electron chi connectivity index (χ4n) is 3.25. The lowest BCUT2D eigenvalue weighted by molar-refractivity contribution is -0.132. The number of hydrogen-bond acceptors (Lipinski definition) is 5. The molecule has 1 fully saturated rings. The van der Waals surface area contributed by atoms with Gasteiger partial charge in [-0.15, -0.1) is 11.3 Å². The molecule has 0 aromatic carbocycles. The third-order valence-corrected chi connectivity index (χ3v) is 5.56. The fraction of sp³-hybridized carbons (Fsp3) is 0.588. The van der Waals surface area contributed by atoms with Crippen molar-refractivity contribution >= 4 is 33.3 Å². The van der Waals surface area contributed by atoms with Gasteiger partial charge in [-0.1, -0.05) is 19.3 Å². The molecule has 0 unspecified atom stereocenters. The van der Waals surface area contributed by atoms with Crippen molar-refractivity contribution in [1.29, 1.82) is 0 Å². The molecule has 124 valence electrons. The molecule has 5 nitrogen and oxygen atoms in total. The van der Waals surface area contributed by atoms with Crippen LogP contribution in [0.4, 0.5) is 5.82 Å². The highest BCUT2D eigenvalue weighted by Crippen LogP contribution is 2.27. The average Bonchev–Trinajstić information content (AvgIpc) is 2.96. The summed E-state index contributed by atoms with van der Waals surface area (Å²) in [7, 11) is 1.95. The number of nitrogens with zero attached hydrogens (tertiary/aromatic N) is 3. The number of aryl methyl sites for hydroxylation is 1. The van der Waals surface area contributed by atoms with Gasteiger partial charge in [0, 0.05) is 30.9 Å². The Labute approximate surface area is 141 Å². The molecule has 2 aromatic heterocycles. The molecule has 0 aliphatic heterocycles. The first-order valence-electron chi connectivity index (χ1n) is 8.36. The van der Waals surface area contributed by atoms with Gasteiger partial charge < -0.3 is 10.2 Å². The van der Waals surface area contributed by atoms with E-state index in [1.54, 1.807) is 17.7 Å². The predicted molar refractivity (Wildman–Crippen MR) is 94.9 cm³/mol. The summed E-state index contributed by atoms with van der Waals surface area (Å²) in [6.45, 7) is 2.68. The van der Waals surface area contributed by atoms with Crippen LogP contribution in [0, 0.1) is 6.92 Å². The van der Waals surface area contributed by atoms with E-state index in [1.165, 1.54) is 24.1 Å². The molecule has 0 bridgehead atoms. The van der Waals surface area contributed by atoms with E-state index in [1.807, 2.05) is 11.9 Å². The number of fused-ring (bicyclic) bond motifs is 1. The summed E-state index contributed by atoms with van der Waals surface area (Å²) >= 11 is 1.66. The second-order valence-electron chi connectivity index (χ2n) is 6.27. The Morgan fingerprint density at radius 2 is 2.13 bits per heavy atom. The molecule has 0 spiro atoms. The Hall–Kier alpha value is -1.69. The van der Waals surface area contributed by atoms with Crippen molar-refractivity contribution < 1.29 is 4.79 Å². The summed E-state index contributed by atoms with van der Waals surface area (Å²) in [6, 6.07) is 2.53. The van der Waals surface area contributed by atoms with Crippen molar-refractivity contribution in [2.75, 3.05) is 18.9 Å². The Kier molecular flexibility index (Phi) is 5.10. The SMILES string of the molecule is Cc1cc2c(NCCC(=O)N(C)C3CCCCC3)ncnc2s1. The molecular weight excluding hydrogens is 308 g/mol. The van der Waals surface area contributed by atoms with Gasteiger partial charge in [0.1, 0.15) is 17.0 Å². The van der Waals surface area contributed by atoms with Crippen LogP contribution in [0.2, 0.25) is 0 Å². The second-order valence-corrected chi connectivity index (χ2v) is 7.51. The number of nitrogens with one attached hydrogen (secondary N) is 1. The summed E-state index contributed by atoms with van der Waals surface area (Å²) in [5.74, 6) is 1.05. The quantitative estimate of drug-likeness (QED) is 0.909. The van der Waals surface area contributed by atoms with Gasteiger partial charge >= 0.3 is 0 Å². The third-order valence-electron chi connectivity index (χ3n) is 4.60. The van der Waals surface area contributed by atoms with Gasteiger partial charge in [0.05, 0.1) is 5.39 Å². The highest BCUT2D eigenvalue weighted by Gasteiger charge is 2.21. The maximum absolute atomic E-state index is 12.4. The number of aromatic nitrogens is 2. The number of carbonyl (C=O) groups excluding carboxylic acids is 1. The molecule has 0 atom stereocenters. The molecule has 0 saturated heterocycles. The number of hydrogen-bond donors (Lipinski definition) is 1. The minimum absolute atomic E-state index is 0.219. The van der Waals surface area contributed by atoms with Gasteiger partial charge in [-0.2, -0.15) is 0 Å². The van der Waals surface area contributed by atoms with Crippen LogP contribution in [0.3, 0.4) is 0 Å². The molecule has 1 saturated carbocycles. The highest BCUT2D eigenvalue weighted by atomic mass is 32.1. The third kappa shape index (κ3) is 3.80.